The molecule has 0 unspecified atom stereocenters. The molecule has 0 fully saturated rings. The number of carbonyl (C=O) groups excluding carboxylic acids is 1. The predicted molar refractivity (Wildman–Crippen MR) is 152 cm³/mol. The van der Waals surface area contributed by atoms with Crippen molar-refractivity contribution in [3.8, 4) is 23.2 Å². The maximum atomic E-state index is 11.9. The van der Waals surface area contributed by atoms with Gasteiger partial charge in [-0.15, -0.1) is 5.10 Å². The van der Waals surface area contributed by atoms with Crippen LogP contribution in [0.2, 0.25) is 0 Å². The number of hydrogen-bond acceptors (Lipinski definition) is 8. The molecule has 0 aliphatic heterocycles. The number of nitrogens with zero attached hydrogens (tertiary/aromatic N) is 4. The summed E-state index contributed by atoms with van der Waals surface area (Å²) in [5.74, 6) is 1.99. The predicted octanol–water partition coefficient (Wildman–Crippen LogP) is 5.94. The van der Waals surface area contributed by atoms with Gasteiger partial charge in [0.05, 0.1) is 13.2 Å². The summed E-state index contributed by atoms with van der Waals surface area (Å²) in [6.07, 6.45) is 4.36. The molecule has 0 spiro atoms. The van der Waals surface area contributed by atoms with Gasteiger partial charge in [0.15, 0.2) is 0 Å². The number of carbonyl (C=O) groups is 1. The third kappa shape index (κ3) is 7.60. The molecule has 5 rings (SSSR count). The van der Waals surface area contributed by atoms with E-state index in [0.29, 0.717) is 43.0 Å². The number of aromatic nitrogens is 4. The molecule has 5 aromatic rings. The Hall–Kier alpha value is -4.92. The van der Waals surface area contributed by atoms with Crippen LogP contribution in [0, 0.1) is 6.92 Å². The molecule has 0 amide bonds. The number of oxazole rings is 1. The zero-order valence-electron chi connectivity index (χ0n) is 23.2. The van der Waals surface area contributed by atoms with Gasteiger partial charge in [-0.3, -0.25) is 9.48 Å². The molecule has 9 heteroatoms. The first kappa shape index (κ1) is 27.6. The monoisotopic (exact) mass is 552 g/mol. The van der Waals surface area contributed by atoms with Crippen LogP contribution in [-0.4, -0.2) is 32.3 Å². The quantitative estimate of drug-likeness (QED) is 0.165. The van der Waals surface area contributed by atoms with Crippen molar-refractivity contribution in [3.63, 3.8) is 0 Å². The second-order valence-corrected chi connectivity index (χ2v) is 9.42. The molecule has 3 aromatic heterocycles. The fourth-order valence-electron chi connectivity index (χ4n) is 4.20. The highest BCUT2D eigenvalue weighted by atomic mass is 16.5. The molecule has 0 atom stereocenters. The molecule has 0 radical (unpaired) electrons. The van der Waals surface area contributed by atoms with E-state index < -0.39 is 0 Å². The minimum absolute atomic E-state index is 0.244. The Labute approximate surface area is 238 Å². The van der Waals surface area contributed by atoms with Crippen molar-refractivity contribution in [1.29, 1.82) is 0 Å². The van der Waals surface area contributed by atoms with E-state index in [1.54, 1.807) is 19.2 Å². The van der Waals surface area contributed by atoms with Gasteiger partial charge in [0.25, 0.3) is 0 Å². The Morgan fingerprint density at radius 1 is 0.927 bits per heavy atom. The van der Waals surface area contributed by atoms with Gasteiger partial charge < -0.3 is 18.6 Å². The van der Waals surface area contributed by atoms with E-state index in [0.717, 1.165) is 27.9 Å². The van der Waals surface area contributed by atoms with Crippen LogP contribution < -0.4 is 9.47 Å². The summed E-state index contributed by atoms with van der Waals surface area (Å²) in [6, 6.07) is 23.5. The van der Waals surface area contributed by atoms with Crippen LogP contribution in [0.5, 0.6) is 11.8 Å². The van der Waals surface area contributed by atoms with Gasteiger partial charge >= 0.3 is 5.97 Å². The maximum absolute atomic E-state index is 11.9. The molecule has 0 aliphatic rings. The first-order chi connectivity index (χ1) is 20.1. The lowest BCUT2D eigenvalue weighted by Gasteiger charge is -2.07. The van der Waals surface area contributed by atoms with Crippen molar-refractivity contribution >= 4 is 5.97 Å². The summed E-state index contributed by atoms with van der Waals surface area (Å²) in [5, 5.41) is 4.64. The second kappa shape index (κ2) is 13.4. The van der Waals surface area contributed by atoms with Gasteiger partial charge in [0, 0.05) is 41.6 Å². The molecule has 9 nitrogen and oxygen atoms in total. The summed E-state index contributed by atoms with van der Waals surface area (Å²) in [6.45, 7) is 5.13. The van der Waals surface area contributed by atoms with Crippen LogP contribution in [0.25, 0.3) is 11.5 Å². The van der Waals surface area contributed by atoms with Gasteiger partial charge in [0.1, 0.15) is 24.7 Å². The average molecular weight is 553 g/mol. The molecule has 0 saturated heterocycles. The molecule has 0 saturated carbocycles. The van der Waals surface area contributed by atoms with Gasteiger partial charge in [-0.05, 0) is 44.0 Å². The Morgan fingerprint density at radius 2 is 1.71 bits per heavy atom. The van der Waals surface area contributed by atoms with E-state index in [1.165, 1.54) is 0 Å². The highest BCUT2D eigenvalue weighted by molar-refractivity contribution is 5.69. The van der Waals surface area contributed by atoms with Gasteiger partial charge in [-0.2, -0.15) is 0 Å². The fraction of sp³-hybridized carbons (Fsp3) is 0.250. The van der Waals surface area contributed by atoms with Crippen molar-refractivity contribution in [2.75, 3.05) is 6.61 Å². The van der Waals surface area contributed by atoms with Gasteiger partial charge in [0.2, 0.25) is 17.7 Å². The van der Waals surface area contributed by atoms with Crippen LogP contribution >= 0.6 is 0 Å². The number of hydrogen-bond donors (Lipinski definition) is 0. The largest absolute Gasteiger partial charge is 0.471 e. The number of aryl methyl sites for hydroxylation is 2. The zero-order chi connectivity index (χ0) is 28.4. The zero-order valence-corrected chi connectivity index (χ0v) is 23.2. The second-order valence-electron chi connectivity index (χ2n) is 9.42. The summed E-state index contributed by atoms with van der Waals surface area (Å²) in [7, 11) is 0. The van der Waals surface area contributed by atoms with Crippen molar-refractivity contribution < 1.29 is 23.4 Å². The van der Waals surface area contributed by atoms with E-state index in [1.807, 2.05) is 84.5 Å². The lowest BCUT2D eigenvalue weighted by molar-refractivity contribution is -0.143. The standard InChI is InChI=1S/C32H32N4O5/c1-3-38-30(37)17-15-27-20-36(19-24-10-6-4-7-11-24)35-32(27)40-21-25-14-16-29(33-18-25)39-22-28-23(2)41-31(34-28)26-12-8-5-9-13-26/h4-14,16,18,20H,3,15,17,19,21-22H2,1-2H3. The molecular formula is C32H32N4O5. The molecule has 210 valence electrons. The lowest BCUT2D eigenvalue weighted by atomic mass is 10.2. The summed E-state index contributed by atoms with van der Waals surface area (Å²) < 4.78 is 24.7. The number of ether oxygens (including phenoxy) is 3. The van der Waals surface area contributed by atoms with Crippen molar-refractivity contribution in [1.82, 2.24) is 19.7 Å². The van der Waals surface area contributed by atoms with Crippen LogP contribution in [0.15, 0.2) is 89.6 Å². The Balaban J connectivity index is 1.19. The number of benzene rings is 2. The smallest absolute Gasteiger partial charge is 0.306 e. The number of pyridine rings is 1. The highest BCUT2D eigenvalue weighted by Gasteiger charge is 2.15. The minimum Gasteiger partial charge on any atom is -0.471 e. The lowest BCUT2D eigenvalue weighted by Crippen LogP contribution is -2.06. The topological polar surface area (TPSA) is 102 Å². The normalized spacial score (nSPS) is 10.9. The Morgan fingerprint density at radius 3 is 2.44 bits per heavy atom. The van der Waals surface area contributed by atoms with E-state index in [2.05, 4.69) is 15.1 Å². The fourth-order valence-corrected chi connectivity index (χ4v) is 4.20. The summed E-state index contributed by atoms with van der Waals surface area (Å²) in [4.78, 5) is 20.9. The van der Waals surface area contributed by atoms with E-state index in [4.69, 9.17) is 18.6 Å². The van der Waals surface area contributed by atoms with E-state index in [9.17, 15) is 4.79 Å². The van der Waals surface area contributed by atoms with Crippen molar-refractivity contribution in [2.24, 2.45) is 0 Å². The van der Waals surface area contributed by atoms with Gasteiger partial charge in [-0.25, -0.2) is 9.97 Å². The third-order valence-corrected chi connectivity index (χ3v) is 6.33. The van der Waals surface area contributed by atoms with Crippen LogP contribution in [0.3, 0.4) is 0 Å². The third-order valence-electron chi connectivity index (χ3n) is 6.33. The molecule has 3 heterocycles. The Bertz CT molecular complexity index is 1550. The molecule has 0 N–H and O–H groups in total. The van der Waals surface area contributed by atoms with E-state index >= 15 is 0 Å². The maximum Gasteiger partial charge on any atom is 0.306 e. The molecule has 41 heavy (non-hydrogen) atoms. The Kier molecular flexibility index (Phi) is 9.05. The molecule has 0 aliphatic carbocycles. The summed E-state index contributed by atoms with van der Waals surface area (Å²) in [5.41, 5.74) is 4.46. The SMILES string of the molecule is CCOC(=O)CCc1cn(Cc2ccccc2)nc1OCc1ccc(OCc2nc(-c3ccccc3)oc2C)nc1. The first-order valence-corrected chi connectivity index (χ1v) is 13.6. The molecule has 2 aromatic carbocycles. The minimum atomic E-state index is -0.244. The molecule has 0 bridgehead atoms. The number of rotatable bonds is 13. The number of esters is 1. The van der Waals surface area contributed by atoms with Crippen LogP contribution in [0.4, 0.5) is 0 Å². The molecular weight excluding hydrogens is 520 g/mol. The van der Waals surface area contributed by atoms with Gasteiger partial charge in [-0.1, -0.05) is 48.5 Å². The first-order valence-electron chi connectivity index (χ1n) is 13.6. The van der Waals surface area contributed by atoms with Crippen molar-refractivity contribution in [2.45, 2.75) is 46.4 Å². The van der Waals surface area contributed by atoms with Crippen molar-refractivity contribution in [3.05, 3.63) is 113 Å². The summed E-state index contributed by atoms with van der Waals surface area (Å²) >= 11 is 0. The highest BCUT2D eigenvalue weighted by Crippen LogP contribution is 2.23. The average Bonchev–Trinajstić information content (AvgIpc) is 3.57. The van der Waals surface area contributed by atoms with Crippen LogP contribution in [-0.2, 0) is 35.7 Å². The van der Waals surface area contributed by atoms with Crippen LogP contribution in [0.1, 0.15) is 41.5 Å². The van der Waals surface area contributed by atoms with E-state index in [-0.39, 0.29) is 25.6 Å².